The molecule has 23 heavy (non-hydrogen) atoms. The minimum atomic E-state index is -0.135. The lowest BCUT2D eigenvalue weighted by molar-refractivity contribution is -0.133. The lowest BCUT2D eigenvalue weighted by atomic mass is 10.0. The third-order valence-electron chi connectivity index (χ3n) is 5.05. The Kier molecular flexibility index (Phi) is 5.25. The van der Waals surface area contributed by atoms with E-state index in [1.165, 1.54) is 12.0 Å². The highest BCUT2D eigenvalue weighted by molar-refractivity contribution is 5.82. The summed E-state index contributed by atoms with van der Waals surface area (Å²) >= 11 is 0. The van der Waals surface area contributed by atoms with Crippen molar-refractivity contribution in [3.05, 3.63) is 30.1 Å². The number of hydrogen-bond donors (Lipinski definition) is 2. The van der Waals surface area contributed by atoms with E-state index in [4.69, 9.17) is 0 Å². The van der Waals surface area contributed by atoms with Crippen LogP contribution in [0.15, 0.2) is 24.5 Å². The summed E-state index contributed by atoms with van der Waals surface area (Å²) in [6.07, 6.45) is 7.70. The molecule has 2 fully saturated rings. The maximum atomic E-state index is 12.8. The summed E-state index contributed by atoms with van der Waals surface area (Å²) in [7, 11) is 4.26. The SMILES string of the molecule is CN(C)C1CCCN(C(=O)C2CC(c3ccncc3)NN2)CC1. The fourth-order valence-corrected chi connectivity index (χ4v) is 3.57. The van der Waals surface area contributed by atoms with Gasteiger partial charge >= 0.3 is 0 Å². The number of nitrogens with one attached hydrogen (secondary N) is 2. The van der Waals surface area contributed by atoms with Crippen LogP contribution in [0.25, 0.3) is 0 Å². The summed E-state index contributed by atoms with van der Waals surface area (Å²) in [5, 5.41) is 0. The molecule has 1 amide bonds. The molecule has 2 N–H and O–H groups in total. The van der Waals surface area contributed by atoms with E-state index in [0.29, 0.717) is 6.04 Å². The van der Waals surface area contributed by atoms with Gasteiger partial charge in [0.1, 0.15) is 6.04 Å². The van der Waals surface area contributed by atoms with Gasteiger partial charge in [0.05, 0.1) is 0 Å². The van der Waals surface area contributed by atoms with Crippen LogP contribution < -0.4 is 10.9 Å². The molecule has 3 unspecified atom stereocenters. The number of hydrazine groups is 1. The first-order valence-electron chi connectivity index (χ1n) is 8.51. The van der Waals surface area contributed by atoms with Crippen LogP contribution in [0.5, 0.6) is 0 Å². The van der Waals surface area contributed by atoms with Crippen molar-refractivity contribution >= 4 is 5.91 Å². The Morgan fingerprint density at radius 2 is 2.00 bits per heavy atom. The Morgan fingerprint density at radius 3 is 2.74 bits per heavy atom. The summed E-state index contributed by atoms with van der Waals surface area (Å²) in [5.41, 5.74) is 7.61. The normalized spacial score (nSPS) is 28.8. The number of nitrogens with zero attached hydrogens (tertiary/aromatic N) is 3. The predicted octanol–water partition coefficient (Wildman–Crippen LogP) is 0.932. The second-order valence-electron chi connectivity index (χ2n) is 6.78. The summed E-state index contributed by atoms with van der Waals surface area (Å²) in [4.78, 5) is 21.2. The van der Waals surface area contributed by atoms with Crippen molar-refractivity contribution in [1.29, 1.82) is 0 Å². The first kappa shape index (κ1) is 16.4. The molecule has 3 heterocycles. The Bertz CT molecular complexity index is 521. The summed E-state index contributed by atoms with van der Waals surface area (Å²) < 4.78 is 0. The largest absolute Gasteiger partial charge is 0.341 e. The lowest BCUT2D eigenvalue weighted by Crippen LogP contribution is -2.46. The molecule has 6 heteroatoms. The van der Waals surface area contributed by atoms with Gasteiger partial charge < -0.3 is 9.80 Å². The van der Waals surface area contributed by atoms with Gasteiger partial charge in [0.25, 0.3) is 0 Å². The third-order valence-corrected chi connectivity index (χ3v) is 5.05. The predicted molar refractivity (Wildman–Crippen MR) is 89.6 cm³/mol. The maximum absolute atomic E-state index is 12.8. The molecule has 0 bridgehead atoms. The van der Waals surface area contributed by atoms with Crippen LogP contribution >= 0.6 is 0 Å². The number of pyridine rings is 1. The zero-order chi connectivity index (χ0) is 16.2. The molecule has 6 nitrogen and oxygen atoms in total. The van der Waals surface area contributed by atoms with Gasteiger partial charge in [-0.1, -0.05) is 0 Å². The first-order valence-corrected chi connectivity index (χ1v) is 8.51. The molecule has 1 aromatic rings. The molecule has 0 saturated carbocycles. The summed E-state index contributed by atoms with van der Waals surface area (Å²) in [5.74, 6) is 0.230. The quantitative estimate of drug-likeness (QED) is 0.868. The Labute approximate surface area is 138 Å². The van der Waals surface area contributed by atoms with Crippen molar-refractivity contribution in [3.8, 4) is 0 Å². The van der Waals surface area contributed by atoms with Gasteiger partial charge in [-0.25, -0.2) is 10.9 Å². The molecule has 0 aliphatic carbocycles. The Balaban J connectivity index is 1.57. The van der Waals surface area contributed by atoms with Crippen molar-refractivity contribution in [2.45, 2.75) is 43.8 Å². The molecular formula is C17H27N5O. The van der Waals surface area contributed by atoms with Crippen LogP contribution in [0.1, 0.15) is 37.3 Å². The van der Waals surface area contributed by atoms with Crippen LogP contribution in [0.4, 0.5) is 0 Å². The third kappa shape index (κ3) is 3.88. The fourth-order valence-electron chi connectivity index (χ4n) is 3.57. The van der Waals surface area contributed by atoms with Crippen molar-refractivity contribution in [3.63, 3.8) is 0 Å². The van der Waals surface area contributed by atoms with E-state index in [1.807, 2.05) is 17.0 Å². The molecule has 3 atom stereocenters. The molecule has 2 saturated heterocycles. The molecule has 0 aromatic carbocycles. The zero-order valence-corrected chi connectivity index (χ0v) is 14.0. The average molecular weight is 317 g/mol. The van der Waals surface area contributed by atoms with E-state index in [0.717, 1.165) is 32.4 Å². The highest BCUT2D eigenvalue weighted by atomic mass is 16.2. The molecule has 1 aromatic heterocycles. The van der Waals surface area contributed by atoms with Crippen LogP contribution in [0.3, 0.4) is 0 Å². The van der Waals surface area contributed by atoms with Gasteiger partial charge in [0.2, 0.25) is 5.91 Å². The average Bonchev–Trinajstić information content (AvgIpc) is 2.92. The molecule has 126 valence electrons. The maximum Gasteiger partial charge on any atom is 0.241 e. The van der Waals surface area contributed by atoms with E-state index < -0.39 is 0 Å². The molecule has 2 aliphatic heterocycles. The fraction of sp³-hybridized carbons (Fsp3) is 0.647. The molecule has 2 aliphatic rings. The lowest BCUT2D eigenvalue weighted by Gasteiger charge is -2.25. The van der Waals surface area contributed by atoms with Crippen LogP contribution in [0.2, 0.25) is 0 Å². The van der Waals surface area contributed by atoms with Gasteiger partial charge in [-0.3, -0.25) is 9.78 Å². The number of carbonyl (C=O) groups is 1. The monoisotopic (exact) mass is 317 g/mol. The van der Waals surface area contributed by atoms with Crippen molar-refractivity contribution in [1.82, 2.24) is 25.6 Å². The number of likely N-dealkylation sites (tertiary alicyclic amines) is 1. The Morgan fingerprint density at radius 1 is 1.22 bits per heavy atom. The van der Waals surface area contributed by atoms with E-state index in [1.54, 1.807) is 12.4 Å². The van der Waals surface area contributed by atoms with Gasteiger partial charge in [0, 0.05) is 37.6 Å². The highest BCUT2D eigenvalue weighted by Gasteiger charge is 2.33. The van der Waals surface area contributed by atoms with Crippen LogP contribution in [0, 0.1) is 0 Å². The van der Waals surface area contributed by atoms with E-state index >= 15 is 0 Å². The number of aromatic nitrogens is 1. The van der Waals surface area contributed by atoms with Crippen LogP contribution in [-0.4, -0.2) is 60.0 Å². The van der Waals surface area contributed by atoms with E-state index in [-0.39, 0.29) is 18.0 Å². The highest BCUT2D eigenvalue weighted by Crippen LogP contribution is 2.23. The van der Waals surface area contributed by atoms with Crippen molar-refractivity contribution in [2.24, 2.45) is 0 Å². The number of rotatable bonds is 3. The van der Waals surface area contributed by atoms with Crippen molar-refractivity contribution < 1.29 is 4.79 Å². The zero-order valence-electron chi connectivity index (χ0n) is 14.0. The van der Waals surface area contributed by atoms with Gasteiger partial charge in [-0.05, 0) is 57.5 Å². The van der Waals surface area contributed by atoms with Gasteiger partial charge in [0.15, 0.2) is 0 Å². The number of carbonyl (C=O) groups excluding carboxylic acids is 1. The second kappa shape index (κ2) is 7.38. The van der Waals surface area contributed by atoms with Gasteiger partial charge in [-0.2, -0.15) is 0 Å². The Hall–Kier alpha value is -1.50. The second-order valence-corrected chi connectivity index (χ2v) is 6.78. The topological polar surface area (TPSA) is 60.5 Å². The van der Waals surface area contributed by atoms with Crippen LogP contribution in [-0.2, 0) is 4.79 Å². The molecule has 0 spiro atoms. The van der Waals surface area contributed by atoms with Crippen molar-refractivity contribution in [2.75, 3.05) is 27.2 Å². The number of amides is 1. The van der Waals surface area contributed by atoms with Gasteiger partial charge in [-0.15, -0.1) is 0 Å². The smallest absolute Gasteiger partial charge is 0.241 e. The van der Waals surface area contributed by atoms with E-state index in [2.05, 4.69) is 34.8 Å². The number of hydrogen-bond acceptors (Lipinski definition) is 5. The first-order chi connectivity index (χ1) is 11.1. The standard InChI is InChI=1S/C17H27N5O/c1-21(2)14-4-3-10-22(11-7-14)17(23)16-12-15(19-20-16)13-5-8-18-9-6-13/h5-6,8-9,14-16,19-20H,3-4,7,10-12H2,1-2H3. The molecule has 0 radical (unpaired) electrons. The minimum Gasteiger partial charge on any atom is -0.341 e. The summed E-state index contributed by atoms with van der Waals surface area (Å²) in [6.45, 7) is 1.74. The minimum absolute atomic E-state index is 0.135. The summed E-state index contributed by atoms with van der Waals surface area (Å²) in [6, 6.07) is 4.63. The molecular weight excluding hydrogens is 290 g/mol. The van der Waals surface area contributed by atoms with E-state index in [9.17, 15) is 4.79 Å². The molecule has 3 rings (SSSR count).